The predicted octanol–water partition coefficient (Wildman–Crippen LogP) is 5.93. The van der Waals surface area contributed by atoms with Crippen LogP contribution in [0.25, 0.3) is 0 Å². The summed E-state index contributed by atoms with van der Waals surface area (Å²) in [6, 6.07) is 0. The van der Waals surface area contributed by atoms with Crippen LogP contribution in [0.4, 0.5) is 0 Å². The normalized spacial score (nSPS) is 11.0. The van der Waals surface area contributed by atoms with Crippen molar-refractivity contribution >= 4 is 0 Å². The first-order valence-electron chi connectivity index (χ1n) is 8.28. The third-order valence-corrected chi connectivity index (χ3v) is 3.43. The molecule has 0 bridgehead atoms. The fourth-order valence-electron chi connectivity index (χ4n) is 2.14. The van der Waals surface area contributed by atoms with Gasteiger partial charge in [-0.1, -0.05) is 84.5 Å². The third-order valence-electron chi connectivity index (χ3n) is 3.43. The van der Waals surface area contributed by atoms with Gasteiger partial charge in [-0.2, -0.15) is 0 Å². The molecule has 0 heterocycles. The van der Waals surface area contributed by atoms with Gasteiger partial charge in [0.15, 0.2) is 0 Å². The Kier molecular flexibility index (Phi) is 16.9. The highest BCUT2D eigenvalue weighted by atomic mass is 16.5. The molecule has 0 saturated carbocycles. The average Bonchev–Trinajstić information content (AvgIpc) is 2.39. The number of hydrogen-bond donors (Lipinski definition) is 0. The van der Waals surface area contributed by atoms with E-state index in [2.05, 4.69) is 13.8 Å². The van der Waals surface area contributed by atoms with Crippen LogP contribution in [-0.4, -0.2) is 13.2 Å². The Morgan fingerprint density at radius 1 is 0.611 bits per heavy atom. The highest BCUT2D eigenvalue weighted by Crippen LogP contribution is 2.11. The van der Waals surface area contributed by atoms with E-state index in [1.54, 1.807) is 0 Å². The topological polar surface area (TPSA) is 9.23 Å². The maximum absolute atomic E-state index is 5.55. The summed E-state index contributed by atoms with van der Waals surface area (Å²) in [4.78, 5) is 0. The molecule has 0 aliphatic carbocycles. The van der Waals surface area contributed by atoms with Gasteiger partial charge in [-0.25, -0.2) is 0 Å². The van der Waals surface area contributed by atoms with Crippen molar-refractivity contribution in [2.45, 2.75) is 90.4 Å². The van der Waals surface area contributed by atoms with Gasteiger partial charge in [-0.05, 0) is 12.8 Å². The van der Waals surface area contributed by atoms with Gasteiger partial charge >= 0.3 is 0 Å². The summed E-state index contributed by atoms with van der Waals surface area (Å²) in [6.45, 7) is 8.02. The van der Waals surface area contributed by atoms with E-state index in [9.17, 15) is 0 Å². The molecular formula is C17H35O. The van der Waals surface area contributed by atoms with Crippen LogP contribution < -0.4 is 0 Å². The van der Waals surface area contributed by atoms with Crippen molar-refractivity contribution in [3.05, 3.63) is 6.92 Å². The summed E-state index contributed by atoms with van der Waals surface area (Å²) in [5.74, 6) is 0. The van der Waals surface area contributed by atoms with Crippen molar-refractivity contribution in [3.8, 4) is 0 Å². The quantitative estimate of drug-likeness (QED) is 0.330. The van der Waals surface area contributed by atoms with E-state index in [1.165, 1.54) is 77.0 Å². The lowest BCUT2D eigenvalue weighted by Crippen LogP contribution is -1.96. The second kappa shape index (κ2) is 17.0. The van der Waals surface area contributed by atoms with Crippen molar-refractivity contribution in [2.24, 2.45) is 0 Å². The zero-order valence-electron chi connectivity index (χ0n) is 12.7. The monoisotopic (exact) mass is 255 g/mol. The largest absolute Gasteiger partial charge is 0.381 e. The van der Waals surface area contributed by atoms with Gasteiger partial charge in [0, 0.05) is 13.2 Å². The minimum Gasteiger partial charge on any atom is -0.381 e. The van der Waals surface area contributed by atoms with Gasteiger partial charge in [0.1, 0.15) is 0 Å². The zero-order chi connectivity index (χ0) is 13.3. The first kappa shape index (κ1) is 18.0. The minimum absolute atomic E-state index is 0.962. The fraction of sp³-hybridized carbons (Fsp3) is 0.941. The fourth-order valence-corrected chi connectivity index (χ4v) is 2.14. The molecule has 0 amide bonds. The standard InChI is InChI=1S/C17H35O/c1-3-5-7-8-9-10-11-12-13-14-15-17-18-16-6-4-2/h1,3-17H2,2H3. The summed E-state index contributed by atoms with van der Waals surface area (Å²) in [7, 11) is 0. The van der Waals surface area contributed by atoms with Crippen LogP contribution in [-0.2, 0) is 4.74 Å². The van der Waals surface area contributed by atoms with Crippen molar-refractivity contribution in [3.63, 3.8) is 0 Å². The summed E-state index contributed by atoms with van der Waals surface area (Å²) in [5.41, 5.74) is 0. The second-order valence-corrected chi connectivity index (χ2v) is 5.36. The van der Waals surface area contributed by atoms with Gasteiger partial charge in [-0.15, -0.1) is 0 Å². The summed E-state index contributed by atoms with van der Waals surface area (Å²) < 4.78 is 5.55. The van der Waals surface area contributed by atoms with Crippen molar-refractivity contribution in [1.82, 2.24) is 0 Å². The summed E-state index contributed by atoms with van der Waals surface area (Å²) in [6.07, 6.45) is 17.4. The van der Waals surface area contributed by atoms with Crippen LogP contribution in [0.1, 0.15) is 90.4 Å². The van der Waals surface area contributed by atoms with Crippen molar-refractivity contribution in [1.29, 1.82) is 0 Å². The number of ether oxygens (including phenoxy) is 1. The number of rotatable bonds is 15. The van der Waals surface area contributed by atoms with E-state index < -0.39 is 0 Å². The highest BCUT2D eigenvalue weighted by Gasteiger charge is 1.93. The van der Waals surface area contributed by atoms with E-state index in [1.807, 2.05) is 0 Å². The lowest BCUT2D eigenvalue weighted by Gasteiger charge is -2.04. The molecule has 0 spiro atoms. The number of unbranched alkanes of at least 4 members (excludes halogenated alkanes) is 11. The minimum atomic E-state index is 0.962. The van der Waals surface area contributed by atoms with Gasteiger partial charge in [-0.3, -0.25) is 0 Å². The molecule has 0 aliphatic rings. The molecule has 1 nitrogen and oxygen atoms in total. The van der Waals surface area contributed by atoms with Crippen LogP contribution in [0.15, 0.2) is 0 Å². The first-order valence-corrected chi connectivity index (χ1v) is 8.28. The average molecular weight is 255 g/mol. The Balaban J connectivity index is 2.86. The van der Waals surface area contributed by atoms with Crippen molar-refractivity contribution < 1.29 is 4.74 Å². The Labute approximate surface area is 116 Å². The Morgan fingerprint density at radius 3 is 1.56 bits per heavy atom. The highest BCUT2D eigenvalue weighted by molar-refractivity contribution is 4.49. The van der Waals surface area contributed by atoms with Gasteiger partial charge < -0.3 is 4.74 Å². The maximum Gasteiger partial charge on any atom is 0.0466 e. The molecule has 1 heteroatoms. The Hall–Kier alpha value is -0.0400. The van der Waals surface area contributed by atoms with E-state index >= 15 is 0 Å². The zero-order valence-corrected chi connectivity index (χ0v) is 12.7. The van der Waals surface area contributed by atoms with E-state index in [0.29, 0.717) is 0 Å². The second-order valence-electron chi connectivity index (χ2n) is 5.36. The van der Waals surface area contributed by atoms with Gasteiger partial charge in [0.2, 0.25) is 0 Å². The molecule has 0 aromatic heterocycles. The van der Waals surface area contributed by atoms with Crippen LogP contribution >= 0.6 is 0 Å². The lowest BCUT2D eigenvalue weighted by atomic mass is 10.1. The van der Waals surface area contributed by atoms with Crippen LogP contribution in [0.2, 0.25) is 0 Å². The van der Waals surface area contributed by atoms with E-state index in [0.717, 1.165) is 19.6 Å². The molecule has 0 aromatic carbocycles. The van der Waals surface area contributed by atoms with E-state index in [-0.39, 0.29) is 0 Å². The van der Waals surface area contributed by atoms with Crippen LogP contribution in [0.5, 0.6) is 0 Å². The van der Waals surface area contributed by atoms with Gasteiger partial charge in [0.25, 0.3) is 0 Å². The lowest BCUT2D eigenvalue weighted by molar-refractivity contribution is 0.127. The molecule has 0 saturated heterocycles. The summed E-state index contributed by atoms with van der Waals surface area (Å²) in [5, 5.41) is 0. The maximum atomic E-state index is 5.55. The molecule has 0 unspecified atom stereocenters. The van der Waals surface area contributed by atoms with Crippen molar-refractivity contribution in [2.75, 3.05) is 13.2 Å². The van der Waals surface area contributed by atoms with E-state index in [4.69, 9.17) is 4.74 Å². The first-order chi connectivity index (χ1) is 8.91. The Bertz CT molecular complexity index is 118. The molecule has 1 radical (unpaired) electrons. The Morgan fingerprint density at radius 2 is 1.06 bits per heavy atom. The molecule has 0 atom stereocenters. The molecule has 18 heavy (non-hydrogen) atoms. The molecule has 0 aromatic rings. The third kappa shape index (κ3) is 16.0. The predicted molar refractivity (Wildman–Crippen MR) is 81.9 cm³/mol. The molecule has 109 valence electrons. The smallest absolute Gasteiger partial charge is 0.0466 e. The van der Waals surface area contributed by atoms with Gasteiger partial charge in [0.05, 0.1) is 0 Å². The molecule has 0 rings (SSSR count). The summed E-state index contributed by atoms with van der Waals surface area (Å²) >= 11 is 0. The van der Waals surface area contributed by atoms with Crippen LogP contribution in [0.3, 0.4) is 0 Å². The SMILES string of the molecule is [CH2]CCCCCCCCCCCCOCCCC. The molecular weight excluding hydrogens is 220 g/mol. The number of hydrogen-bond acceptors (Lipinski definition) is 1. The molecule has 0 fully saturated rings. The molecule has 0 N–H and O–H groups in total. The molecule has 0 aliphatic heterocycles. The van der Waals surface area contributed by atoms with Crippen LogP contribution in [0, 0.1) is 6.92 Å².